The van der Waals surface area contributed by atoms with Crippen molar-refractivity contribution in [3.05, 3.63) is 29.3 Å². The first-order valence-electron chi connectivity index (χ1n) is 8.46. The van der Waals surface area contributed by atoms with Crippen molar-refractivity contribution in [3.8, 4) is 5.75 Å². The SMILES string of the molecule is Cc1ccc(CNC(=O)C2CCCCN2)c(OCC2CC2)c1.Cl. The van der Waals surface area contributed by atoms with Gasteiger partial charge >= 0.3 is 0 Å². The van der Waals surface area contributed by atoms with Gasteiger partial charge in [-0.3, -0.25) is 4.79 Å². The molecule has 23 heavy (non-hydrogen) atoms. The Hall–Kier alpha value is -1.26. The highest BCUT2D eigenvalue weighted by Gasteiger charge is 2.23. The molecule has 1 saturated heterocycles. The number of carbonyl (C=O) groups is 1. The van der Waals surface area contributed by atoms with E-state index in [1.165, 1.54) is 24.8 Å². The molecule has 2 N–H and O–H groups in total. The second-order valence-electron chi connectivity index (χ2n) is 6.59. The predicted octanol–water partition coefficient (Wildman–Crippen LogP) is 2.96. The molecule has 1 amide bonds. The fraction of sp³-hybridized carbons (Fsp3) is 0.611. The van der Waals surface area contributed by atoms with Crippen molar-refractivity contribution in [2.45, 2.75) is 51.6 Å². The van der Waals surface area contributed by atoms with E-state index in [4.69, 9.17) is 4.74 Å². The Kier molecular flexibility index (Phi) is 6.72. The van der Waals surface area contributed by atoms with E-state index in [9.17, 15) is 4.79 Å². The largest absolute Gasteiger partial charge is 0.493 e. The molecule has 1 aromatic carbocycles. The first-order valence-corrected chi connectivity index (χ1v) is 8.46. The first-order chi connectivity index (χ1) is 10.7. The minimum absolute atomic E-state index is 0. The van der Waals surface area contributed by atoms with Gasteiger partial charge in [-0.25, -0.2) is 0 Å². The summed E-state index contributed by atoms with van der Waals surface area (Å²) in [6.07, 6.45) is 5.80. The summed E-state index contributed by atoms with van der Waals surface area (Å²) in [5.74, 6) is 1.76. The molecule has 1 aliphatic heterocycles. The Morgan fingerprint density at radius 1 is 1.30 bits per heavy atom. The molecule has 1 atom stereocenters. The molecule has 2 fully saturated rings. The topological polar surface area (TPSA) is 50.4 Å². The van der Waals surface area contributed by atoms with Gasteiger partial charge in [-0.05, 0) is 56.7 Å². The van der Waals surface area contributed by atoms with Crippen LogP contribution in [0.3, 0.4) is 0 Å². The summed E-state index contributed by atoms with van der Waals surface area (Å²) in [7, 11) is 0. The number of nitrogens with one attached hydrogen (secondary N) is 2. The third-order valence-corrected chi connectivity index (χ3v) is 4.47. The van der Waals surface area contributed by atoms with Gasteiger partial charge in [-0.1, -0.05) is 18.6 Å². The van der Waals surface area contributed by atoms with Crippen LogP contribution < -0.4 is 15.4 Å². The number of halogens is 1. The van der Waals surface area contributed by atoms with Gasteiger partial charge in [0.05, 0.1) is 12.6 Å². The number of piperidine rings is 1. The third kappa shape index (κ3) is 5.40. The molecule has 4 nitrogen and oxygen atoms in total. The molecule has 0 radical (unpaired) electrons. The summed E-state index contributed by atoms with van der Waals surface area (Å²) < 4.78 is 5.95. The zero-order chi connectivity index (χ0) is 15.4. The summed E-state index contributed by atoms with van der Waals surface area (Å²) >= 11 is 0. The monoisotopic (exact) mass is 338 g/mol. The lowest BCUT2D eigenvalue weighted by molar-refractivity contribution is -0.123. The van der Waals surface area contributed by atoms with Gasteiger partial charge in [0.15, 0.2) is 0 Å². The van der Waals surface area contributed by atoms with Crippen LogP contribution in [-0.2, 0) is 11.3 Å². The minimum atomic E-state index is -0.0324. The highest BCUT2D eigenvalue weighted by Crippen LogP contribution is 2.30. The third-order valence-electron chi connectivity index (χ3n) is 4.47. The standard InChI is InChI=1S/C18H26N2O2.ClH/c1-13-5-8-15(17(10-13)22-12-14-6-7-14)11-20-18(21)16-4-2-3-9-19-16;/h5,8,10,14,16,19H,2-4,6-7,9,11-12H2,1H3,(H,20,21);1H. The van der Waals surface area contributed by atoms with E-state index in [-0.39, 0.29) is 24.4 Å². The number of carbonyl (C=O) groups excluding carboxylic acids is 1. The zero-order valence-corrected chi connectivity index (χ0v) is 14.6. The molecule has 1 aromatic rings. The van der Waals surface area contributed by atoms with Crippen LogP contribution in [-0.4, -0.2) is 25.1 Å². The molecular weight excluding hydrogens is 312 g/mol. The molecule has 1 saturated carbocycles. The normalized spacial score (nSPS) is 20.5. The van der Waals surface area contributed by atoms with E-state index in [1.54, 1.807) is 0 Å². The van der Waals surface area contributed by atoms with E-state index in [0.29, 0.717) is 6.54 Å². The Morgan fingerprint density at radius 3 is 2.83 bits per heavy atom. The summed E-state index contributed by atoms with van der Waals surface area (Å²) in [6.45, 7) is 4.35. The number of rotatable bonds is 6. The number of aryl methyl sites for hydroxylation is 1. The van der Waals surface area contributed by atoms with Crippen molar-refractivity contribution in [1.82, 2.24) is 10.6 Å². The molecule has 5 heteroatoms. The van der Waals surface area contributed by atoms with Crippen molar-refractivity contribution in [2.75, 3.05) is 13.2 Å². The van der Waals surface area contributed by atoms with E-state index < -0.39 is 0 Å². The highest BCUT2D eigenvalue weighted by atomic mass is 35.5. The summed E-state index contributed by atoms with van der Waals surface area (Å²) in [4.78, 5) is 12.2. The zero-order valence-electron chi connectivity index (χ0n) is 13.8. The summed E-state index contributed by atoms with van der Waals surface area (Å²) in [5.41, 5.74) is 2.25. The van der Waals surface area contributed by atoms with Crippen molar-refractivity contribution in [3.63, 3.8) is 0 Å². The molecule has 1 aliphatic carbocycles. The van der Waals surface area contributed by atoms with Crippen LogP contribution >= 0.6 is 12.4 Å². The molecule has 0 spiro atoms. The molecule has 128 valence electrons. The average molecular weight is 339 g/mol. The van der Waals surface area contributed by atoms with Crippen LogP contribution in [0.1, 0.15) is 43.2 Å². The van der Waals surface area contributed by atoms with Crippen LogP contribution in [0, 0.1) is 12.8 Å². The quantitative estimate of drug-likeness (QED) is 0.838. The Balaban J connectivity index is 0.00000192. The van der Waals surface area contributed by atoms with Gasteiger partial charge in [-0.15, -0.1) is 12.4 Å². The molecule has 0 aromatic heterocycles. The van der Waals surface area contributed by atoms with Gasteiger partial charge in [-0.2, -0.15) is 0 Å². The maximum atomic E-state index is 12.2. The number of benzene rings is 1. The van der Waals surface area contributed by atoms with Gasteiger partial charge in [0.1, 0.15) is 5.75 Å². The summed E-state index contributed by atoms with van der Waals surface area (Å²) in [5, 5.41) is 6.33. The van der Waals surface area contributed by atoms with Crippen molar-refractivity contribution in [1.29, 1.82) is 0 Å². The Morgan fingerprint density at radius 2 is 2.13 bits per heavy atom. The van der Waals surface area contributed by atoms with Crippen LogP contribution in [0.15, 0.2) is 18.2 Å². The number of amides is 1. The molecule has 1 unspecified atom stereocenters. The molecule has 0 bridgehead atoms. The predicted molar refractivity (Wildman–Crippen MR) is 94.1 cm³/mol. The van der Waals surface area contributed by atoms with Gasteiger partial charge in [0.2, 0.25) is 5.91 Å². The van der Waals surface area contributed by atoms with Crippen LogP contribution in [0.2, 0.25) is 0 Å². The second-order valence-corrected chi connectivity index (χ2v) is 6.59. The first kappa shape index (κ1) is 18.1. The molecule has 2 aliphatic rings. The lowest BCUT2D eigenvalue weighted by Gasteiger charge is -2.22. The highest BCUT2D eigenvalue weighted by molar-refractivity contribution is 5.85. The lowest BCUT2D eigenvalue weighted by Crippen LogP contribution is -2.46. The van der Waals surface area contributed by atoms with Crippen molar-refractivity contribution >= 4 is 18.3 Å². The summed E-state index contributed by atoms with van der Waals surface area (Å²) in [6, 6.07) is 6.18. The van der Waals surface area contributed by atoms with E-state index in [0.717, 1.165) is 43.2 Å². The Labute approximate surface area is 144 Å². The lowest BCUT2D eigenvalue weighted by atomic mass is 10.0. The number of ether oxygens (including phenoxy) is 1. The van der Waals surface area contributed by atoms with E-state index in [1.807, 2.05) is 0 Å². The Bertz CT molecular complexity index is 526. The van der Waals surface area contributed by atoms with E-state index in [2.05, 4.69) is 35.8 Å². The van der Waals surface area contributed by atoms with Crippen LogP contribution in [0.5, 0.6) is 5.75 Å². The average Bonchev–Trinajstić information content (AvgIpc) is 3.37. The maximum Gasteiger partial charge on any atom is 0.237 e. The van der Waals surface area contributed by atoms with Gasteiger partial charge in [0, 0.05) is 12.1 Å². The fourth-order valence-electron chi connectivity index (χ4n) is 2.82. The van der Waals surface area contributed by atoms with E-state index >= 15 is 0 Å². The molecule has 3 rings (SSSR count). The second kappa shape index (κ2) is 8.55. The maximum absolute atomic E-state index is 12.2. The number of hydrogen-bond donors (Lipinski definition) is 2. The van der Waals surface area contributed by atoms with Crippen molar-refractivity contribution < 1.29 is 9.53 Å². The number of hydrogen-bond acceptors (Lipinski definition) is 3. The van der Waals surface area contributed by atoms with Crippen LogP contribution in [0.25, 0.3) is 0 Å². The van der Waals surface area contributed by atoms with Crippen molar-refractivity contribution in [2.24, 2.45) is 5.92 Å². The smallest absolute Gasteiger partial charge is 0.237 e. The van der Waals surface area contributed by atoms with Crippen LogP contribution in [0.4, 0.5) is 0 Å². The fourth-order valence-corrected chi connectivity index (χ4v) is 2.82. The van der Waals surface area contributed by atoms with Gasteiger partial charge in [0.25, 0.3) is 0 Å². The molecular formula is C18H27ClN2O2. The molecule has 1 heterocycles. The minimum Gasteiger partial charge on any atom is -0.493 e. The van der Waals surface area contributed by atoms with Gasteiger partial charge < -0.3 is 15.4 Å².